The first-order chi connectivity index (χ1) is 10.6. The molecule has 5 nitrogen and oxygen atoms in total. The first-order valence-electron chi connectivity index (χ1n) is 7.26. The van der Waals surface area contributed by atoms with Crippen molar-refractivity contribution >= 4 is 0 Å². The summed E-state index contributed by atoms with van der Waals surface area (Å²) in [7, 11) is 7.41. The molecule has 0 aliphatic carbocycles. The highest BCUT2D eigenvalue weighted by atomic mass is 16.5. The van der Waals surface area contributed by atoms with Crippen molar-refractivity contribution in [2.24, 2.45) is 0 Å². The molecule has 0 saturated heterocycles. The number of methoxy groups -OCH3 is 2. The number of benzene rings is 1. The van der Waals surface area contributed by atoms with Crippen LogP contribution in [0.4, 0.5) is 0 Å². The minimum Gasteiger partial charge on any atom is -0.497 e. The maximum atomic E-state index is 5.51. The number of nitrogens with zero attached hydrogens (tertiary/aromatic N) is 1. The predicted molar refractivity (Wildman–Crippen MR) is 86.4 cm³/mol. The van der Waals surface area contributed by atoms with Gasteiger partial charge in [0.05, 0.1) is 26.5 Å². The highest BCUT2D eigenvalue weighted by Crippen LogP contribution is 2.23. The predicted octanol–water partition coefficient (Wildman–Crippen LogP) is 2.69. The highest BCUT2D eigenvalue weighted by Gasteiger charge is 2.16. The van der Waals surface area contributed by atoms with Gasteiger partial charge in [0.1, 0.15) is 17.3 Å². The summed E-state index contributed by atoms with van der Waals surface area (Å²) in [6.07, 6.45) is 1.71. The standard InChI is InChI=1S/C17H24N2O3/c1-19(2)16(17-6-5-7-22-17)12-18-11-13-8-14(20-3)10-15(9-13)21-4/h5-10,16,18H,11-12H2,1-4H3. The molecule has 2 rings (SSSR count). The summed E-state index contributed by atoms with van der Waals surface area (Å²) in [4.78, 5) is 2.14. The van der Waals surface area contributed by atoms with Gasteiger partial charge in [-0.2, -0.15) is 0 Å². The van der Waals surface area contributed by atoms with Gasteiger partial charge in [0.25, 0.3) is 0 Å². The lowest BCUT2D eigenvalue weighted by Gasteiger charge is -2.22. The van der Waals surface area contributed by atoms with Gasteiger partial charge < -0.3 is 19.2 Å². The molecule has 1 unspecified atom stereocenters. The quantitative estimate of drug-likeness (QED) is 0.812. The molecule has 0 saturated carbocycles. The summed E-state index contributed by atoms with van der Waals surface area (Å²) < 4.78 is 16.1. The van der Waals surface area contributed by atoms with Crippen LogP contribution >= 0.6 is 0 Å². The molecule has 0 spiro atoms. The molecule has 0 aliphatic heterocycles. The Morgan fingerprint density at radius 3 is 2.32 bits per heavy atom. The Hall–Kier alpha value is -1.98. The smallest absolute Gasteiger partial charge is 0.122 e. The second-order valence-corrected chi connectivity index (χ2v) is 5.35. The lowest BCUT2D eigenvalue weighted by Crippen LogP contribution is -2.30. The fourth-order valence-electron chi connectivity index (χ4n) is 2.34. The molecule has 1 atom stereocenters. The summed E-state index contributed by atoms with van der Waals surface area (Å²) >= 11 is 0. The van der Waals surface area contributed by atoms with Crippen molar-refractivity contribution in [1.82, 2.24) is 10.2 Å². The van der Waals surface area contributed by atoms with Crippen molar-refractivity contribution < 1.29 is 13.9 Å². The molecule has 0 aliphatic rings. The van der Waals surface area contributed by atoms with Crippen LogP contribution in [-0.4, -0.2) is 39.8 Å². The molecule has 5 heteroatoms. The Morgan fingerprint density at radius 2 is 1.82 bits per heavy atom. The Kier molecular flexibility index (Phi) is 5.86. The van der Waals surface area contributed by atoms with Crippen LogP contribution in [-0.2, 0) is 6.54 Å². The molecule has 1 N–H and O–H groups in total. The summed E-state index contributed by atoms with van der Waals surface area (Å²) in [5.41, 5.74) is 1.12. The number of likely N-dealkylation sites (N-methyl/N-ethyl adjacent to an activating group) is 1. The summed E-state index contributed by atoms with van der Waals surface area (Å²) in [5.74, 6) is 2.55. The Bertz CT molecular complexity index is 545. The molecular weight excluding hydrogens is 280 g/mol. The number of furan rings is 1. The maximum Gasteiger partial charge on any atom is 0.122 e. The van der Waals surface area contributed by atoms with Crippen LogP contribution in [0.5, 0.6) is 11.5 Å². The van der Waals surface area contributed by atoms with Gasteiger partial charge in [0, 0.05) is 19.2 Å². The summed E-state index contributed by atoms with van der Waals surface area (Å²) in [5, 5.41) is 3.46. The first-order valence-corrected chi connectivity index (χ1v) is 7.26. The van der Waals surface area contributed by atoms with Gasteiger partial charge in [0.2, 0.25) is 0 Å². The van der Waals surface area contributed by atoms with Gasteiger partial charge in [-0.25, -0.2) is 0 Å². The van der Waals surface area contributed by atoms with E-state index in [0.717, 1.165) is 35.9 Å². The molecule has 1 aromatic heterocycles. The Morgan fingerprint density at radius 1 is 1.14 bits per heavy atom. The minimum atomic E-state index is 0.197. The van der Waals surface area contributed by atoms with Crippen molar-refractivity contribution in [1.29, 1.82) is 0 Å². The number of hydrogen-bond donors (Lipinski definition) is 1. The molecule has 0 radical (unpaired) electrons. The summed E-state index contributed by atoms with van der Waals surface area (Å²) in [6.45, 7) is 1.53. The molecule has 1 heterocycles. The molecule has 0 fully saturated rings. The zero-order valence-electron chi connectivity index (χ0n) is 13.6. The first kappa shape index (κ1) is 16.4. The minimum absolute atomic E-state index is 0.197. The van der Waals surface area contributed by atoms with E-state index < -0.39 is 0 Å². The van der Waals surface area contributed by atoms with Gasteiger partial charge in [0.15, 0.2) is 0 Å². The normalized spacial score (nSPS) is 12.4. The summed E-state index contributed by atoms with van der Waals surface area (Å²) in [6, 6.07) is 10.00. The van der Waals surface area contributed by atoms with Crippen LogP contribution in [0, 0.1) is 0 Å². The lowest BCUT2D eigenvalue weighted by atomic mass is 10.1. The SMILES string of the molecule is COc1cc(CNCC(c2ccco2)N(C)C)cc(OC)c1. The topological polar surface area (TPSA) is 46.9 Å². The van der Waals surface area contributed by atoms with Crippen molar-refractivity contribution in [2.45, 2.75) is 12.6 Å². The van der Waals surface area contributed by atoms with Crippen LogP contribution in [0.3, 0.4) is 0 Å². The second-order valence-electron chi connectivity index (χ2n) is 5.35. The van der Waals surface area contributed by atoms with Gasteiger partial charge in [-0.1, -0.05) is 0 Å². The van der Waals surface area contributed by atoms with E-state index in [1.807, 2.05) is 44.4 Å². The van der Waals surface area contributed by atoms with E-state index in [4.69, 9.17) is 13.9 Å². The van der Waals surface area contributed by atoms with E-state index in [1.54, 1.807) is 20.5 Å². The monoisotopic (exact) mass is 304 g/mol. The van der Waals surface area contributed by atoms with Crippen LogP contribution in [0.15, 0.2) is 41.0 Å². The fourth-order valence-corrected chi connectivity index (χ4v) is 2.34. The third kappa shape index (κ3) is 4.26. The number of nitrogens with one attached hydrogen (secondary N) is 1. The van der Waals surface area contributed by atoms with Gasteiger partial charge in [-0.3, -0.25) is 4.90 Å². The molecule has 120 valence electrons. The van der Waals surface area contributed by atoms with Crippen molar-refractivity contribution in [3.05, 3.63) is 47.9 Å². The van der Waals surface area contributed by atoms with Crippen molar-refractivity contribution in [2.75, 3.05) is 34.9 Å². The van der Waals surface area contributed by atoms with Crippen LogP contribution in [0.1, 0.15) is 17.4 Å². The number of rotatable bonds is 8. The third-order valence-corrected chi connectivity index (χ3v) is 3.57. The van der Waals surface area contributed by atoms with Crippen molar-refractivity contribution in [3.63, 3.8) is 0 Å². The molecule has 22 heavy (non-hydrogen) atoms. The third-order valence-electron chi connectivity index (χ3n) is 3.57. The number of hydrogen-bond acceptors (Lipinski definition) is 5. The molecule has 2 aromatic rings. The average molecular weight is 304 g/mol. The second kappa shape index (κ2) is 7.87. The van der Waals surface area contributed by atoms with E-state index in [9.17, 15) is 0 Å². The zero-order valence-corrected chi connectivity index (χ0v) is 13.6. The van der Waals surface area contributed by atoms with E-state index in [-0.39, 0.29) is 6.04 Å². The molecule has 1 aromatic carbocycles. The van der Waals surface area contributed by atoms with Gasteiger partial charge >= 0.3 is 0 Å². The maximum absolute atomic E-state index is 5.51. The van der Waals surface area contributed by atoms with Crippen LogP contribution in [0.2, 0.25) is 0 Å². The van der Waals surface area contributed by atoms with Gasteiger partial charge in [-0.05, 0) is 43.9 Å². The molecule has 0 bridgehead atoms. The zero-order chi connectivity index (χ0) is 15.9. The van der Waals surface area contributed by atoms with E-state index >= 15 is 0 Å². The Labute approximate surface area is 131 Å². The van der Waals surface area contributed by atoms with Crippen molar-refractivity contribution in [3.8, 4) is 11.5 Å². The fraction of sp³-hybridized carbons (Fsp3) is 0.412. The largest absolute Gasteiger partial charge is 0.497 e. The van der Waals surface area contributed by atoms with Gasteiger partial charge in [-0.15, -0.1) is 0 Å². The van der Waals surface area contributed by atoms with Crippen LogP contribution < -0.4 is 14.8 Å². The number of ether oxygens (including phenoxy) is 2. The highest BCUT2D eigenvalue weighted by molar-refractivity contribution is 5.38. The lowest BCUT2D eigenvalue weighted by molar-refractivity contribution is 0.250. The van der Waals surface area contributed by atoms with E-state index in [0.29, 0.717) is 0 Å². The average Bonchev–Trinajstić information content (AvgIpc) is 3.04. The Balaban J connectivity index is 1.97. The van der Waals surface area contributed by atoms with E-state index in [2.05, 4.69) is 10.2 Å². The van der Waals surface area contributed by atoms with Crippen LogP contribution in [0.25, 0.3) is 0 Å². The molecular formula is C17H24N2O3. The van der Waals surface area contributed by atoms with E-state index in [1.165, 1.54) is 0 Å². The molecule has 0 amide bonds.